The highest BCUT2D eigenvalue weighted by Gasteiger charge is 2.25. The summed E-state index contributed by atoms with van der Waals surface area (Å²) in [5, 5.41) is 4.37. The van der Waals surface area contributed by atoms with Gasteiger partial charge in [0.25, 0.3) is 20.2 Å². The van der Waals surface area contributed by atoms with Crippen molar-refractivity contribution in [3.05, 3.63) is 0 Å². The van der Waals surface area contributed by atoms with Crippen LogP contribution in [-0.2, 0) is 20.2 Å². The largest absolute Gasteiger partial charge is 0.297 e. The van der Waals surface area contributed by atoms with Gasteiger partial charge in [-0.15, -0.1) is 0 Å². The average Bonchev–Trinajstić information content (AvgIpc) is 2.62. The summed E-state index contributed by atoms with van der Waals surface area (Å²) >= 11 is 0. The fourth-order valence-electron chi connectivity index (χ4n) is 3.80. The summed E-state index contributed by atoms with van der Waals surface area (Å²) in [5.41, 5.74) is 0. The van der Waals surface area contributed by atoms with Crippen molar-refractivity contribution >= 4 is 20.2 Å². The Morgan fingerprint density at radius 3 is 1.57 bits per heavy atom. The van der Waals surface area contributed by atoms with Crippen molar-refractivity contribution in [2.45, 2.75) is 114 Å². The van der Waals surface area contributed by atoms with Gasteiger partial charge in [0.05, 0.1) is 0 Å². The van der Waals surface area contributed by atoms with Crippen molar-refractivity contribution in [2.24, 2.45) is 0 Å². The first-order valence-electron chi connectivity index (χ1n) is 10.5. The topological polar surface area (TPSA) is 133 Å². The lowest BCUT2D eigenvalue weighted by atomic mass is 9.95. The van der Waals surface area contributed by atoms with E-state index in [0.29, 0.717) is 6.42 Å². The van der Waals surface area contributed by atoms with Gasteiger partial charge in [0.1, 0.15) is 10.7 Å². The minimum absolute atomic E-state index is 0.255. The van der Waals surface area contributed by atoms with Crippen molar-refractivity contribution in [3.63, 3.8) is 0 Å². The minimum Gasteiger partial charge on any atom is -0.297 e. The zero-order chi connectivity index (χ0) is 21.2. The number of hydrogen-bond donors (Lipinski definition) is 4. The second-order valence-corrected chi connectivity index (χ2v) is 11.3. The van der Waals surface area contributed by atoms with E-state index in [1.165, 1.54) is 19.8 Å². The van der Waals surface area contributed by atoms with E-state index in [9.17, 15) is 16.8 Å². The van der Waals surface area contributed by atoms with Crippen LogP contribution in [0.4, 0.5) is 0 Å². The minimum atomic E-state index is -3.94. The molecule has 2 rings (SSSR count). The van der Waals surface area contributed by atoms with Gasteiger partial charge in [-0.2, -0.15) is 16.8 Å². The summed E-state index contributed by atoms with van der Waals surface area (Å²) in [6.07, 6.45) is 12.4. The lowest BCUT2D eigenvalue weighted by Gasteiger charge is -2.26. The molecule has 0 aromatic rings. The normalized spacial score (nSPS) is 22.1. The Hall–Kier alpha value is -0.260. The second kappa shape index (κ2) is 12.4. The monoisotopic (exact) mass is 442 g/mol. The highest BCUT2D eigenvalue weighted by Crippen LogP contribution is 2.19. The van der Waals surface area contributed by atoms with Gasteiger partial charge in [-0.1, -0.05) is 51.9 Å². The molecule has 2 atom stereocenters. The van der Waals surface area contributed by atoms with Crippen molar-refractivity contribution < 1.29 is 25.9 Å². The predicted octanol–water partition coefficient (Wildman–Crippen LogP) is 3.07. The fourth-order valence-corrected chi connectivity index (χ4v) is 5.06. The molecule has 0 aliphatic heterocycles. The van der Waals surface area contributed by atoms with Crippen LogP contribution in [0.15, 0.2) is 0 Å². The molecule has 2 aliphatic rings. The van der Waals surface area contributed by atoms with Crippen LogP contribution in [0.2, 0.25) is 0 Å². The molecule has 10 heteroatoms. The average molecular weight is 443 g/mol. The molecule has 2 aliphatic carbocycles. The molecule has 0 saturated heterocycles. The first-order valence-corrected chi connectivity index (χ1v) is 13.5. The maximum Gasteiger partial charge on any atom is 0.281 e. The summed E-state index contributed by atoms with van der Waals surface area (Å²) < 4.78 is 61.3. The maximum absolute atomic E-state index is 11.1. The second-order valence-electron chi connectivity index (χ2n) is 7.95. The summed E-state index contributed by atoms with van der Waals surface area (Å²) in [6.45, 7) is 3.39. The van der Waals surface area contributed by atoms with Crippen LogP contribution >= 0.6 is 0 Å². The van der Waals surface area contributed by atoms with Crippen molar-refractivity contribution in [2.75, 3.05) is 0 Å². The van der Waals surface area contributed by atoms with E-state index in [0.717, 1.165) is 57.8 Å². The Balaban J connectivity index is 0.000000283. The zero-order valence-corrected chi connectivity index (χ0v) is 18.8. The molecular weight excluding hydrogens is 404 g/mol. The smallest absolute Gasteiger partial charge is 0.281 e. The first-order chi connectivity index (χ1) is 13.0. The van der Waals surface area contributed by atoms with Crippen molar-refractivity contribution in [1.29, 1.82) is 0 Å². The van der Waals surface area contributed by atoms with E-state index in [1.54, 1.807) is 0 Å². The van der Waals surface area contributed by atoms with Gasteiger partial charge >= 0.3 is 0 Å². The van der Waals surface area contributed by atoms with Crippen LogP contribution in [0.25, 0.3) is 0 Å². The number of hydrogen-bond acceptors (Lipinski definition) is 6. The van der Waals surface area contributed by atoms with Gasteiger partial charge < -0.3 is 0 Å². The standard InChI is InChI=1S/C10H21NO3S.C8H17NO3S/c1-2-6-10(15(12,13)14)11-9-7-4-3-5-8-9;1-7(13(10,11)12)9-8-5-3-2-4-6-8/h9-11H,2-8H2,1H3,(H,12,13,14);7-9H,2-6H2,1H3,(H,10,11,12). The third kappa shape index (κ3) is 10.5. The Labute approximate surface area is 170 Å². The van der Waals surface area contributed by atoms with Crippen molar-refractivity contribution in [1.82, 2.24) is 10.6 Å². The third-order valence-electron chi connectivity index (χ3n) is 5.46. The van der Waals surface area contributed by atoms with E-state index < -0.39 is 31.0 Å². The van der Waals surface area contributed by atoms with E-state index in [1.807, 2.05) is 6.92 Å². The SMILES string of the molecule is CC(NC1CCCCC1)S(=O)(=O)O.CCCC(NC1CCCCC1)S(=O)(=O)O. The summed E-state index contributed by atoms with van der Waals surface area (Å²) in [7, 11) is -7.85. The van der Waals surface area contributed by atoms with Gasteiger partial charge in [-0.3, -0.25) is 19.7 Å². The number of rotatable bonds is 8. The molecule has 0 aromatic heterocycles. The highest BCUT2D eigenvalue weighted by atomic mass is 32.2. The van der Waals surface area contributed by atoms with Crippen LogP contribution < -0.4 is 10.6 Å². The zero-order valence-electron chi connectivity index (χ0n) is 17.1. The molecule has 0 spiro atoms. The molecule has 168 valence electrons. The van der Waals surface area contributed by atoms with Crippen LogP contribution in [-0.4, -0.2) is 48.8 Å². The Bertz CT molecular complexity index is 626. The number of nitrogens with one attached hydrogen (secondary N) is 2. The molecule has 28 heavy (non-hydrogen) atoms. The third-order valence-corrected chi connectivity index (χ3v) is 7.58. The molecule has 8 nitrogen and oxygen atoms in total. The van der Waals surface area contributed by atoms with E-state index in [4.69, 9.17) is 9.11 Å². The Kier molecular flexibility index (Phi) is 11.5. The quantitative estimate of drug-likeness (QED) is 0.422. The molecule has 0 radical (unpaired) electrons. The van der Waals surface area contributed by atoms with Crippen LogP contribution in [0.1, 0.15) is 90.9 Å². The van der Waals surface area contributed by atoms with Gasteiger partial charge in [-0.05, 0) is 39.0 Å². The van der Waals surface area contributed by atoms with Gasteiger partial charge in [0.15, 0.2) is 0 Å². The summed E-state index contributed by atoms with van der Waals surface area (Å²) in [6, 6.07) is 0.517. The Morgan fingerprint density at radius 2 is 1.21 bits per heavy atom. The molecule has 0 bridgehead atoms. The Morgan fingerprint density at radius 1 is 0.786 bits per heavy atom. The van der Waals surface area contributed by atoms with Crippen LogP contribution in [0.3, 0.4) is 0 Å². The fraction of sp³-hybridized carbons (Fsp3) is 1.00. The van der Waals surface area contributed by atoms with Gasteiger partial charge in [-0.25, -0.2) is 0 Å². The predicted molar refractivity (Wildman–Crippen MR) is 111 cm³/mol. The summed E-state index contributed by atoms with van der Waals surface area (Å²) in [4.78, 5) is 0. The molecule has 0 amide bonds. The maximum atomic E-state index is 11.1. The van der Waals surface area contributed by atoms with E-state index in [-0.39, 0.29) is 12.1 Å². The molecule has 2 fully saturated rings. The van der Waals surface area contributed by atoms with Crippen molar-refractivity contribution in [3.8, 4) is 0 Å². The lowest BCUT2D eigenvalue weighted by molar-refractivity contribution is 0.344. The molecule has 2 unspecified atom stereocenters. The molecular formula is C18H38N2O6S2. The summed E-state index contributed by atoms with van der Waals surface area (Å²) in [5.74, 6) is 0. The van der Waals surface area contributed by atoms with Gasteiger partial charge in [0.2, 0.25) is 0 Å². The van der Waals surface area contributed by atoms with Gasteiger partial charge in [0, 0.05) is 12.1 Å². The molecule has 0 heterocycles. The van der Waals surface area contributed by atoms with Crippen LogP contribution in [0, 0.1) is 0 Å². The highest BCUT2D eigenvalue weighted by molar-refractivity contribution is 7.86. The first kappa shape index (κ1) is 25.8. The van der Waals surface area contributed by atoms with E-state index in [2.05, 4.69) is 10.6 Å². The van der Waals surface area contributed by atoms with E-state index >= 15 is 0 Å². The molecule has 0 aromatic carbocycles. The van der Waals surface area contributed by atoms with Crippen LogP contribution in [0.5, 0.6) is 0 Å². The molecule has 2 saturated carbocycles. The lowest BCUT2D eigenvalue weighted by Crippen LogP contribution is -2.43. The molecule has 4 N–H and O–H groups in total.